The van der Waals surface area contributed by atoms with E-state index in [4.69, 9.17) is 4.98 Å². The van der Waals surface area contributed by atoms with Crippen molar-refractivity contribution < 1.29 is 5.11 Å². The van der Waals surface area contributed by atoms with E-state index in [-0.39, 0.29) is 18.1 Å². The number of hydrogen-bond donors (Lipinski definition) is 1. The maximum Gasteiger partial charge on any atom is 0.277 e. The zero-order chi connectivity index (χ0) is 19.1. The molecule has 1 unspecified atom stereocenters. The van der Waals surface area contributed by atoms with Crippen molar-refractivity contribution in [3.8, 4) is 10.6 Å². The van der Waals surface area contributed by atoms with E-state index in [1.165, 1.54) is 21.6 Å². The van der Waals surface area contributed by atoms with E-state index in [0.717, 1.165) is 34.2 Å². The van der Waals surface area contributed by atoms with Gasteiger partial charge in [-0.3, -0.25) is 4.79 Å². The Balaban J connectivity index is 1.65. The molecule has 2 aromatic heterocycles. The Bertz CT molecular complexity index is 1060. The summed E-state index contributed by atoms with van der Waals surface area (Å²) in [7, 11) is 1.67. The summed E-state index contributed by atoms with van der Waals surface area (Å²) < 4.78 is 1.38. The highest BCUT2D eigenvalue weighted by Crippen LogP contribution is 2.37. The van der Waals surface area contributed by atoms with Gasteiger partial charge < -0.3 is 10.0 Å². The largest absolute Gasteiger partial charge is 0.396 e. The van der Waals surface area contributed by atoms with Gasteiger partial charge in [0.05, 0.1) is 30.1 Å². The minimum absolute atomic E-state index is 0.120. The van der Waals surface area contributed by atoms with Crippen LogP contribution in [0.1, 0.15) is 28.4 Å². The Morgan fingerprint density at radius 1 is 1.30 bits per heavy atom. The first-order chi connectivity index (χ1) is 13.0. The Morgan fingerprint density at radius 2 is 2.07 bits per heavy atom. The third-order valence-corrected chi connectivity index (χ3v) is 6.13. The van der Waals surface area contributed by atoms with Crippen molar-refractivity contribution in [2.45, 2.75) is 26.3 Å². The third-order valence-electron chi connectivity index (χ3n) is 5.22. The van der Waals surface area contributed by atoms with Crippen molar-refractivity contribution in [1.82, 2.24) is 14.8 Å². The van der Waals surface area contributed by atoms with Crippen LogP contribution in [-0.4, -0.2) is 33.0 Å². The Kier molecular flexibility index (Phi) is 4.57. The van der Waals surface area contributed by atoms with Gasteiger partial charge >= 0.3 is 0 Å². The first-order valence-corrected chi connectivity index (χ1v) is 9.81. The first-order valence-electron chi connectivity index (χ1n) is 8.93. The van der Waals surface area contributed by atoms with Crippen LogP contribution in [0.2, 0.25) is 0 Å². The molecule has 0 saturated heterocycles. The predicted octanol–water partition coefficient (Wildman–Crippen LogP) is 2.62. The molecule has 3 heterocycles. The van der Waals surface area contributed by atoms with Gasteiger partial charge in [-0.15, -0.1) is 11.3 Å². The van der Waals surface area contributed by atoms with Crippen LogP contribution in [-0.2, 0) is 13.6 Å². The molecule has 1 atom stereocenters. The number of benzene rings is 1. The van der Waals surface area contributed by atoms with Crippen LogP contribution in [0.15, 0.2) is 34.4 Å². The van der Waals surface area contributed by atoms with Gasteiger partial charge in [-0.2, -0.15) is 5.10 Å². The van der Waals surface area contributed by atoms with Gasteiger partial charge in [0.25, 0.3) is 5.56 Å². The average molecular weight is 382 g/mol. The molecule has 1 aliphatic heterocycles. The molecule has 140 valence electrons. The fraction of sp³-hybridized carbons (Fsp3) is 0.350. The molecule has 7 heteroatoms. The second-order valence-corrected chi connectivity index (χ2v) is 7.84. The zero-order valence-corrected chi connectivity index (χ0v) is 16.5. The van der Waals surface area contributed by atoms with Crippen molar-refractivity contribution in [3.05, 3.63) is 62.5 Å². The van der Waals surface area contributed by atoms with E-state index in [0.29, 0.717) is 12.1 Å². The molecule has 6 nitrogen and oxygen atoms in total. The summed E-state index contributed by atoms with van der Waals surface area (Å²) in [5, 5.41) is 16.7. The SMILES string of the molecule is Cc1nn(C)c(=O)c(-c2nc(CN3CC(CO)c4ccccc43)cs2)c1C. The molecule has 0 radical (unpaired) electrons. The summed E-state index contributed by atoms with van der Waals surface area (Å²) in [4.78, 5) is 19.6. The van der Waals surface area contributed by atoms with Crippen molar-refractivity contribution in [3.63, 3.8) is 0 Å². The average Bonchev–Trinajstić information content (AvgIpc) is 3.26. The van der Waals surface area contributed by atoms with E-state index >= 15 is 0 Å². The summed E-state index contributed by atoms with van der Waals surface area (Å²) in [6, 6.07) is 8.20. The Labute approximate surface area is 161 Å². The molecule has 0 amide bonds. The number of thiazole rings is 1. The fourth-order valence-corrected chi connectivity index (χ4v) is 4.58. The normalized spacial score (nSPS) is 16.0. The van der Waals surface area contributed by atoms with E-state index in [9.17, 15) is 9.90 Å². The fourth-order valence-electron chi connectivity index (χ4n) is 3.68. The third kappa shape index (κ3) is 3.07. The highest BCUT2D eigenvalue weighted by atomic mass is 32.1. The molecular weight excluding hydrogens is 360 g/mol. The molecule has 1 N–H and O–H groups in total. The monoisotopic (exact) mass is 382 g/mol. The lowest BCUT2D eigenvalue weighted by Crippen LogP contribution is -2.24. The summed E-state index contributed by atoms with van der Waals surface area (Å²) in [5.74, 6) is 0.136. The lowest BCUT2D eigenvalue weighted by Gasteiger charge is -2.18. The number of hydrogen-bond acceptors (Lipinski definition) is 6. The van der Waals surface area contributed by atoms with Crippen LogP contribution in [0.4, 0.5) is 5.69 Å². The predicted molar refractivity (Wildman–Crippen MR) is 107 cm³/mol. The van der Waals surface area contributed by atoms with Crippen LogP contribution in [0.5, 0.6) is 0 Å². The minimum atomic E-state index is -0.120. The van der Waals surface area contributed by atoms with Crippen molar-refractivity contribution in [1.29, 1.82) is 0 Å². The number of rotatable bonds is 4. The topological polar surface area (TPSA) is 71.2 Å². The number of aliphatic hydroxyl groups excluding tert-OH is 1. The van der Waals surface area contributed by atoms with E-state index in [2.05, 4.69) is 22.1 Å². The maximum absolute atomic E-state index is 12.6. The van der Waals surface area contributed by atoms with Crippen LogP contribution in [0.25, 0.3) is 10.6 Å². The van der Waals surface area contributed by atoms with Gasteiger partial charge in [-0.05, 0) is 31.0 Å². The Morgan fingerprint density at radius 3 is 2.85 bits per heavy atom. The number of aromatic nitrogens is 3. The number of aliphatic hydroxyl groups is 1. The van der Waals surface area contributed by atoms with Crippen molar-refractivity contribution in [2.75, 3.05) is 18.1 Å². The van der Waals surface area contributed by atoms with E-state index in [1.807, 2.05) is 31.4 Å². The minimum Gasteiger partial charge on any atom is -0.396 e. The lowest BCUT2D eigenvalue weighted by atomic mass is 10.0. The van der Waals surface area contributed by atoms with Crippen LogP contribution >= 0.6 is 11.3 Å². The number of aryl methyl sites for hydroxylation is 2. The molecule has 0 spiro atoms. The maximum atomic E-state index is 12.6. The second kappa shape index (κ2) is 6.90. The van der Waals surface area contributed by atoms with Crippen LogP contribution in [0.3, 0.4) is 0 Å². The molecule has 3 aromatic rings. The first kappa shape index (κ1) is 17.9. The van der Waals surface area contributed by atoms with Gasteiger partial charge in [0.1, 0.15) is 5.01 Å². The van der Waals surface area contributed by atoms with E-state index in [1.54, 1.807) is 7.05 Å². The van der Waals surface area contributed by atoms with Crippen molar-refractivity contribution >= 4 is 17.0 Å². The number of fused-ring (bicyclic) bond motifs is 1. The summed E-state index contributed by atoms with van der Waals surface area (Å²) >= 11 is 1.49. The molecule has 0 fully saturated rings. The second-order valence-electron chi connectivity index (χ2n) is 6.98. The molecule has 1 aromatic carbocycles. The van der Waals surface area contributed by atoms with Gasteiger partial charge in [-0.25, -0.2) is 9.67 Å². The quantitative estimate of drug-likeness (QED) is 0.751. The standard InChI is InChI=1S/C20H22N4O2S/c1-12-13(2)22-23(3)20(26)18(12)19-21-15(11-27-19)9-24-8-14(10-25)16-6-4-5-7-17(16)24/h4-7,11,14,25H,8-10H2,1-3H3. The summed E-state index contributed by atoms with van der Waals surface area (Å²) in [6.45, 7) is 5.40. The number of nitrogens with zero attached hydrogens (tertiary/aromatic N) is 4. The molecule has 27 heavy (non-hydrogen) atoms. The zero-order valence-electron chi connectivity index (χ0n) is 15.6. The van der Waals surface area contributed by atoms with Crippen LogP contribution in [0, 0.1) is 13.8 Å². The summed E-state index contributed by atoms with van der Waals surface area (Å²) in [5.41, 5.74) is 5.50. The molecule has 0 aliphatic carbocycles. The molecular formula is C20H22N4O2S. The molecule has 0 saturated carbocycles. The number of para-hydroxylation sites is 1. The molecule has 1 aliphatic rings. The summed E-state index contributed by atoms with van der Waals surface area (Å²) in [6.07, 6.45) is 0. The van der Waals surface area contributed by atoms with Crippen molar-refractivity contribution in [2.24, 2.45) is 7.05 Å². The van der Waals surface area contributed by atoms with Gasteiger partial charge in [0.15, 0.2) is 0 Å². The molecule has 4 rings (SSSR count). The highest BCUT2D eigenvalue weighted by molar-refractivity contribution is 7.13. The van der Waals surface area contributed by atoms with Gasteiger partial charge in [0.2, 0.25) is 0 Å². The lowest BCUT2D eigenvalue weighted by molar-refractivity contribution is 0.270. The van der Waals surface area contributed by atoms with E-state index < -0.39 is 0 Å². The highest BCUT2D eigenvalue weighted by Gasteiger charge is 2.28. The van der Waals surface area contributed by atoms with Crippen LogP contribution < -0.4 is 10.5 Å². The molecule has 0 bridgehead atoms. The van der Waals surface area contributed by atoms with Gasteiger partial charge in [0, 0.05) is 30.6 Å². The number of anilines is 1. The van der Waals surface area contributed by atoms with Gasteiger partial charge in [-0.1, -0.05) is 18.2 Å². The smallest absolute Gasteiger partial charge is 0.277 e. The Hall–Kier alpha value is -2.51.